The van der Waals surface area contributed by atoms with Crippen molar-refractivity contribution in [3.8, 4) is 0 Å². The van der Waals surface area contributed by atoms with Gasteiger partial charge in [0, 0.05) is 48.0 Å². The maximum Gasteiger partial charge on any atom is 0.257 e. The fraction of sp³-hybridized carbons (Fsp3) is 0.190. The molecule has 0 aliphatic carbocycles. The van der Waals surface area contributed by atoms with Gasteiger partial charge in [-0.2, -0.15) is 0 Å². The van der Waals surface area contributed by atoms with E-state index >= 15 is 0 Å². The van der Waals surface area contributed by atoms with Gasteiger partial charge in [-0.1, -0.05) is 23.4 Å². The molecule has 2 heterocycles. The number of carbonyl (C=O) groups excluding carboxylic acids is 2. The average Bonchev–Trinajstić information content (AvgIpc) is 3.31. The Hall–Kier alpha value is -2.77. The normalized spacial score (nSPS) is 13.7. The topological polar surface area (TPSA) is 67.2 Å². The van der Waals surface area contributed by atoms with Crippen molar-refractivity contribution in [1.29, 1.82) is 0 Å². The first kappa shape index (κ1) is 19.5. The molecule has 2 aromatic carbocycles. The summed E-state index contributed by atoms with van der Waals surface area (Å²) in [7, 11) is 1.94. The monoisotopic (exact) mass is 426 g/mol. The van der Waals surface area contributed by atoms with E-state index in [4.69, 9.17) is 11.6 Å². The van der Waals surface area contributed by atoms with Crippen LogP contribution in [0, 0.1) is 0 Å². The number of hydrogen-bond donors (Lipinski definition) is 1. The van der Waals surface area contributed by atoms with Gasteiger partial charge in [-0.05, 0) is 48.9 Å². The van der Waals surface area contributed by atoms with Crippen molar-refractivity contribution < 1.29 is 9.59 Å². The molecule has 1 saturated heterocycles. The van der Waals surface area contributed by atoms with Gasteiger partial charge in [-0.15, -0.1) is 0 Å². The lowest BCUT2D eigenvalue weighted by molar-refractivity contribution is -0.117. The zero-order chi connectivity index (χ0) is 20.4. The SMILES string of the molecule is Cn1ccnc1Sc1ccc(NC(=O)c2ccc(Cl)cc2N2CCCC2=O)cc1. The van der Waals surface area contributed by atoms with E-state index in [0.29, 0.717) is 34.9 Å². The van der Waals surface area contributed by atoms with Crippen molar-refractivity contribution in [2.75, 3.05) is 16.8 Å². The van der Waals surface area contributed by atoms with Crippen molar-refractivity contribution in [3.05, 3.63) is 65.4 Å². The third-order valence-electron chi connectivity index (χ3n) is 4.67. The first-order valence-electron chi connectivity index (χ1n) is 9.18. The minimum atomic E-state index is -0.277. The highest BCUT2D eigenvalue weighted by Gasteiger charge is 2.26. The van der Waals surface area contributed by atoms with Crippen molar-refractivity contribution in [2.24, 2.45) is 7.05 Å². The van der Waals surface area contributed by atoms with Gasteiger partial charge in [0.2, 0.25) is 5.91 Å². The van der Waals surface area contributed by atoms with Crippen molar-refractivity contribution in [2.45, 2.75) is 22.9 Å². The summed E-state index contributed by atoms with van der Waals surface area (Å²) in [6, 6.07) is 12.5. The average molecular weight is 427 g/mol. The van der Waals surface area contributed by atoms with Crippen LogP contribution in [0.15, 0.2) is 64.9 Å². The molecule has 8 heteroatoms. The number of carbonyl (C=O) groups is 2. The number of amides is 2. The molecule has 0 radical (unpaired) electrons. The van der Waals surface area contributed by atoms with Crippen molar-refractivity contribution >= 4 is 46.6 Å². The number of aryl methyl sites for hydroxylation is 1. The molecule has 0 atom stereocenters. The highest BCUT2D eigenvalue weighted by molar-refractivity contribution is 7.99. The number of halogens is 1. The molecular weight excluding hydrogens is 408 g/mol. The highest BCUT2D eigenvalue weighted by atomic mass is 35.5. The zero-order valence-electron chi connectivity index (χ0n) is 15.8. The summed E-state index contributed by atoms with van der Waals surface area (Å²) in [5.41, 5.74) is 1.66. The largest absolute Gasteiger partial charge is 0.329 e. The Morgan fingerprint density at radius 1 is 1.21 bits per heavy atom. The number of nitrogens with zero attached hydrogens (tertiary/aromatic N) is 3. The van der Waals surface area contributed by atoms with Crippen LogP contribution in [0.5, 0.6) is 0 Å². The quantitative estimate of drug-likeness (QED) is 0.647. The lowest BCUT2D eigenvalue weighted by Crippen LogP contribution is -2.27. The van der Waals surface area contributed by atoms with Gasteiger partial charge >= 0.3 is 0 Å². The first-order valence-corrected chi connectivity index (χ1v) is 10.4. The van der Waals surface area contributed by atoms with Crippen molar-refractivity contribution in [1.82, 2.24) is 9.55 Å². The minimum Gasteiger partial charge on any atom is -0.329 e. The van der Waals surface area contributed by atoms with Gasteiger partial charge in [0.1, 0.15) is 0 Å². The Bertz CT molecular complexity index is 1060. The number of aromatic nitrogens is 2. The number of anilines is 2. The highest BCUT2D eigenvalue weighted by Crippen LogP contribution is 2.30. The Kier molecular flexibility index (Phi) is 5.60. The van der Waals surface area contributed by atoms with E-state index in [1.807, 2.05) is 42.1 Å². The van der Waals surface area contributed by atoms with E-state index in [1.54, 1.807) is 41.1 Å². The van der Waals surface area contributed by atoms with Crippen LogP contribution < -0.4 is 10.2 Å². The van der Waals surface area contributed by atoms with Gasteiger partial charge in [0.15, 0.2) is 5.16 Å². The minimum absolute atomic E-state index is 0.0111. The summed E-state index contributed by atoms with van der Waals surface area (Å²) in [5, 5.41) is 4.29. The molecule has 1 fully saturated rings. The molecule has 0 bridgehead atoms. The van der Waals surface area contributed by atoms with Gasteiger partial charge in [-0.25, -0.2) is 4.98 Å². The Morgan fingerprint density at radius 2 is 2.00 bits per heavy atom. The van der Waals surface area contributed by atoms with Crippen molar-refractivity contribution in [3.63, 3.8) is 0 Å². The van der Waals surface area contributed by atoms with E-state index < -0.39 is 0 Å². The van der Waals surface area contributed by atoms with Crippen LogP contribution in [-0.2, 0) is 11.8 Å². The van der Waals surface area contributed by atoms with Gasteiger partial charge in [0.25, 0.3) is 5.91 Å². The molecule has 0 saturated carbocycles. The second-order valence-electron chi connectivity index (χ2n) is 6.71. The fourth-order valence-electron chi connectivity index (χ4n) is 3.18. The standard InChI is InChI=1S/C21H19ClN4O2S/c1-25-12-10-23-21(25)29-16-7-5-15(6-8-16)24-20(28)17-9-4-14(22)13-18(17)26-11-2-3-19(26)27/h4-10,12-13H,2-3,11H2,1H3,(H,24,28). The fourth-order valence-corrected chi connectivity index (χ4v) is 4.15. The summed E-state index contributed by atoms with van der Waals surface area (Å²) in [6.45, 7) is 0.596. The predicted molar refractivity (Wildman–Crippen MR) is 115 cm³/mol. The number of nitrogens with one attached hydrogen (secondary N) is 1. The van der Waals surface area contributed by atoms with Crippen LogP contribution in [0.25, 0.3) is 0 Å². The van der Waals surface area contributed by atoms with E-state index in [1.165, 1.54) is 0 Å². The molecule has 0 spiro atoms. The second kappa shape index (κ2) is 8.31. The third-order valence-corrected chi connectivity index (χ3v) is 5.99. The molecule has 0 unspecified atom stereocenters. The number of hydrogen-bond acceptors (Lipinski definition) is 4. The molecule has 1 aromatic heterocycles. The van der Waals surface area contributed by atoms with E-state index in [-0.39, 0.29) is 11.8 Å². The molecule has 1 N–H and O–H groups in total. The molecule has 4 rings (SSSR count). The molecular formula is C21H19ClN4O2S. The van der Waals surface area contributed by atoms with Crippen LogP contribution in [0.3, 0.4) is 0 Å². The van der Waals surface area contributed by atoms with Gasteiger partial charge in [-0.3, -0.25) is 9.59 Å². The molecule has 1 aliphatic heterocycles. The Labute approximate surface area is 177 Å². The van der Waals surface area contributed by atoms with E-state index in [9.17, 15) is 9.59 Å². The maximum absolute atomic E-state index is 12.9. The Morgan fingerprint density at radius 3 is 2.66 bits per heavy atom. The molecule has 3 aromatic rings. The number of rotatable bonds is 5. The molecule has 148 valence electrons. The van der Waals surface area contributed by atoms with Crippen LogP contribution in [0.1, 0.15) is 23.2 Å². The van der Waals surface area contributed by atoms with Gasteiger partial charge < -0.3 is 14.8 Å². The van der Waals surface area contributed by atoms with E-state index in [2.05, 4.69) is 10.3 Å². The summed E-state index contributed by atoms with van der Waals surface area (Å²) >= 11 is 7.66. The van der Waals surface area contributed by atoms with Crippen LogP contribution in [0.2, 0.25) is 5.02 Å². The van der Waals surface area contributed by atoms with Crippen LogP contribution in [-0.4, -0.2) is 27.9 Å². The summed E-state index contributed by atoms with van der Waals surface area (Å²) < 4.78 is 1.95. The molecule has 1 aliphatic rings. The summed E-state index contributed by atoms with van der Waals surface area (Å²) in [4.78, 5) is 32.0. The third kappa shape index (κ3) is 4.31. The number of imidazole rings is 1. The second-order valence-corrected chi connectivity index (χ2v) is 8.19. The summed E-state index contributed by atoms with van der Waals surface area (Å²) in [6.07, 6.45) is 4.92. The maximum atomic E-state index is 12.9. The lowest BCUT2D eigenvalue weighted by atomic mass is 10.1. The molecule has 2 amide bonds. The van der Waals surface area contributed by atoms with Crippen LogP contribution >= 0.6 is 23.4 Å². The Balaban J connectivity index is 1.51. The lowest BCUT2D eigenvalue weighted by Gasteiger charge is -2.19. The molecule has 29 heavy (non-hydrogen) atoms. The predicted octanol–water partition coefficient (Wildman–Crippen LogP) is 4.60. The first-order chi connectivity index (χ1) is 14.0. The number of benzene rings is 2. The molecule has 6 nitrogen and oxygen atoms in total. The smallest absolute Gasteiger partial charge is 0.257 e. The van der Waals surface area contributed by atoms with Crippen LogP contribution in [0.4, 0.5) is 11.4 Å². The zero-order valence-corrected chi connectivity index (χ0v) is 17.3. The van der Waals surface area contributed by atoms with Gasteiger partial charge in [0.05, 0.1) is 11.3 Å². The van der Waals surface area contributed by atoms with E-state index in [0.717, 1.165) is 16.5 Å². The summed E-state index contributed by atoms with van der Waals surface area (Å²) in [5.74, 6) is -0.266.